The van der Waals surface area contributed by atoms with Gasteiger partial charge in [0.1, 0.15) is 6.33 Å². The fraction of sp³-hybridized carbons (Fsp3) is 0.194. The van der Waals surface area contributed by atoms with Crippen LogP contribution in [0.2, 0.25) is 5.02 Å². The Morgan fingerprint density at radius 1 is 1.00 bits per heavy atom. The summed E-state index contributed by atoms with van der Waals surface area (Å²) in [5.74, 6) is -0.137. The summed E-state index contributed by atoms with van der Waals surface area (Å²) in [6.45, 7) is 2.04. The third kappa shape index (κ3) is 5.18. The molecule has 0 radical (unpaired) electrons. The van der Waals surface area contributed by atoms with Crippen molar-refractivity contribution in [3.05, 3.63) is 112 Å². The van der Waals surface area contributed by atoms with Crippen LogP contribution in [-0.4, -0.2) is 26.1 Å². The number of aryl methyl sites for hydroxylation is 1. The largest absolute Gasteiger partial charge is 0.618 e. The molecule has 1 atom stereocenters. The molecular formula is C31H27ClN6O2. The van der Waals surface area contributed by atoms with E-state index in [-0.39, 0.29) is 11.8 Å². The van der Waals surface area contributed by atoms with Crippen molar-refractivity contribution in [3.63, 3.8) is 0 Å². The molecule has 1 unspecified atom stereocenters. The highest BCUT2D eigenvalue weighted by Gasteiger charge is 2.25. The second kappa shape index (κ2) is 10.9. The zero-order valence-electron chi connectivity index (χ0n) is 21.9. The molecule has 1 aliphatic rings. The average molecular weight is 551 g/mol. The number of tetrazole rings is 1. The number of fused-ring (bicyclic) bond motifs is 4. The first kappa shape index (κ1) is 25.7. The predicted octanol–water partition coefficient (Wildman–Crippen LogP) is 6.24. The molecular weight excluding hydrogens is 524 g/mol. The van der Waals surface area contributed by atoms with Crippen LogP contribution in [0.5, 0.6) is 0 Å². The van der Waals surface area contributed by atoms with Gasteiger partial charge in [0.15, 0.2) is 11.9 Å². The molecule has 2 aromatic heterocycles. The van der Waals surface area contributed by atoms with Crippen molar-refractivity contribution in [2.24, 2.45) is 0 Å². The van der Waals surface area contributed by atoms with Crippen molar-refractivity contribution in [2.75, 3.05) is 5.32 Å². The van der Waals surface area contributed by atoms with Crippen molar-refractivity contribution >= 4 is 23.2 Å². The first-order valence-electron chi connectivity index (χ1n) is 13.2. The molecule has 8 nitrogen and oxygen atoms in total. The zero-order chi connectivity index (χ0) is 27.6. The normalized spacial score (nSPS) is 15.4. The van der Waals surface area contributed by atoms with E-state index in [1.165, 1.54) is 6.33 Å². The van der Waals surface area contributed by atoms with E-state index in [4.69, 9.17) is 11.6 Å². The second-order valence-corrected chi connectivity index (χ2v) is 10.5. The molecule has 0 saturated heterocycles. The van der Waals surface area contributed by atoms with E-state index in [0.717, 1.165) is 57.5 Å². The van der Waals surface area contributed by atoms with E-state index in [2.05, 4.69) is 39.0 Å². The van der Waals surface area contributed by atoms with Crippen molar-refractivity contribution in [3.8, 4) is 27.9 Å². The molecule has 1 aliphatic heterocycles. The van der Waals surface area contributed by atoms with Gasteiger partial charge in [-0.2, -0.15) is 9.41 Å². The van der Waals surface area contributed by atoms with Crippen LogP contribution in [-0.2, 0) is 4.79 Å². The fourth-order valence-electron chi connectivity index (χ4n) is 5.39. The Bertz CT molecular complexity index is 1700. The van der Waals surface area contributed by atoms with E-state index in [1.807, 2.05) is 49.4 Å². The average Bonchev–Trinajstić information content (AvgIpc) is 3.49. The number of benzene rings is 3. The summed E-state index contributed by atoms with van der Waals surface area (Å²) >= 11 is 6.33. The number of pyridine rings is 1. The zero-order valence-corrected chi connectivity index (χ0v) is 22.7. The van der Waals surface area contributed by atoms with Crippen LogP contribution in [0.25, 0.3) is 27.9 Å². The minimum atomic E-state index is -0.138. The van der Waals surface area contributed by atoms with Crippen molar-refractivity contribution in [1.29, 1.82) is 0 Å². The summed E-state index contributed by atoms with van der Waals surface area (Å²) in [5.41, 5.74) is 7.75. The molecule has 6 rings (SSSR count). The number of hydrogen-bond donors (Lipinski definition) is 1. The number of halogens is 1. The standard InChI is InChI=1S/C31H27ClN6O2/c1-20-9-12-28-26(15-20)22-6-4-5-21(16-22)25(7-2-3-8-31(39)34-28)30-13-10-23(18-38(30)40)27-17-24(32)11-14-29(27)37-19-33-35-36-37/h4-6,9-19,25H,2-3,7-8H2,1H3,(H,34,39). The second-order valence-electron chi connectivity index (χ2n) is 10.1. The third-order valence-electron chi connectivity index (χ3n) is 7.36. The van der Waals surface area contributed by atoms with E-state index < -0.39 is 0 Å². The van der Waals surface area contributed by atoms with Gasteiger partial charge >= 0.3 is 0 Å². The van der Waals surface area contributed by atoms with Crippen LogP contribution in [0.1, 0.15) is 48.4 Å². The van der Waals surface area contributed by atoms with Crippen LogP contribution in [0.15, 0.2) is 85.3 Å². The molecule has 0 fully saturated rings. The fourth-order valence-corrected chi connectivity index (χ4v) is 5.57. The van der Waals surface area contributed by atoms with Crippen molar-refractivity contribution < 1.29 is 9.52 Å². The lowest BCUT2D eigenvalue weighted by Gasteiger charge is -2.20. The lowest BCUT2D eigenvalue weighted by atomic mass is 9.87. The van der Waals surface area contributed by atoms with Gasteiger partial charge in [0.05, 0.1) is 11.6 Å². The maximum absolute atomic E-state index is 13.6. The van der Waals surface area contributed by atoms with Gasteiger partial charge in [-0.3, -0.25) is 4.79 Å². The van der Waals surface area contributed by atoms with Crippen LogP contribution in [0.4, 0.5) is 5.69 Å². The van der Waals surface area contributed by atoms with Gasteiger partial charge in [-0.25, -0.2) is 0 Å². The maximum atomic E-state index is 13.6. The van der Waals surface area contributed by atoms with Gasteiger partial charge in [-0.1, -0.05) is 53.9 Å². The first-order valence-corrected chi connectivity index (χ1v) is 13.6. The highest BCUT2D eigenvalue weighted by molar-refractivity contribution is 6.31. The smallest absolute Gasteiger partial charge is 0.224 e. The third-order valence-corrected chi connectivity index (χ3v) is 7.60. The minimum Gasteiger partial charge on any atom is -0.618 e. The van der Waals surface area contributed by atoms with Crippen LogP contribution < -0.4 is 10.0 Å². The molecule has 3 aromatic carbocycles. The minimum absolute atomic E-state index is 0.00142. The van der Waals surface area contributed by atoms with Gasteiger partial charge in [0.25, 0.3) is 0 Å². The number of amides is 1. The molecule has 0 saturated carbocycles. The van der Waals surface area contributed by atoms with E-state index in [9.17, 15) is 10.0 Å². The molecule has 2 bridgehead atoms. The van der Waals surface area contributed by atoms with Gasteiger partial charge in [-0.05, 0) is 77.7 Å². The summed E-state index contributed by atoms with van der Waals surface area (Å²) in [6.07, 6.45) is 5.80. The number of nitrogens with one attached hydrogen (secondary N) is 1. The van der Waals surface area contributed by atoms with E-state index in [1.54, 1.807) is 23.0 Å². The Morgan fingerprint density at radius 2 is 1.90 bits per heavy atom. The molecule has 1 amide bonds. The molecule has 200 valence electrons. The highest BCUT2D eigenvalue weighted by atomic mass is 35.5. The molecule has 1 N–H and O–H groups in total. The number of hydrogen-bond acceptors (Lipinski definition) is 5. The summed E-state index contributed by atoms with van der Waals surface area (Å²) in [5, 5.41) is 28.7. The Morgan fingerprint density at radius 3 is 2.73 bits per heavy atom. The van der Waals surface area contributed by atoms with Gasteiger partial charge in [0.2, 0.25) is 5.91 Å². The number of rotatable bonds is 3. The summed E-state index contributed by atoms with van der Waals surface area (Å²) in [6, 6.07) is 23.6. The van der Waals surface area contributed by atoms with Gasteiger partial charge in [0, 0.05) is 39.9 Å². The first-order chi connectivity index (χ1) is 19.5. The maximum Gasteiger partial charge on any atom is 0.224 e. The molecule has 0 aliphatic carbocycles. The van der Waals surface area contributed by atoms with Gasteiger partial charge < -0.3 is 10.5 Å². The highest BCUT2D eigenvalue weighted by Crippen LogP contribution is 2.36. The monoisotopic (exact) mass is 550 g/mol. The molecule has 0 spiro atoms. The Kier molecular flexibility index (Phi) is 7.00. The number of carbonyl (C=O) groups excluding carboxylic acids is 1. The van der Waals surface area contributed by atoms with Crippen molar-refractivity contribution in [2.45, 2.75) is 38.5 Å². The lowest BCUT2D eigenvalue weighted by Crippen LogP contribution is -2.33. The Labute approximate surface area is 236 Å². The van der Waals surface area contributed by atoms with Crippen LogP contribution in [0.3, 0.4) is 0 Å². The number of nitrogens with zero attached hydrogens (tertiary/aromatic N) is 5. The molecule has 5 aromatic rings. The van der Waals surface area contributed by atoms with Crippen molar-refractivity contribution in [1.82, 2.24) is 20.2 Å². The van der Waals surface area contributed by atoms with Gasteiger partial charge in [-0.15, -0.1) is 5.10 Å². The van der Waals surface area contributed by atoms with E-state index in [0.29, 0.717) is 28.4 Å². The van der Waals surface area contributed by atoms with E-state index >= 15 is 0 Å². The Balaban J connectivity index is 1.43. The molecule has 9 heteroatoms. The van der Waals surface area contributed by atoms with Crippen LogP contribution in [0, 0.1) is 12.1 Å². The Hall–Kier alpha value is -4.56. The number of carbonyl (C=O) groups is 1. The lowest BCUT2D eigenvalue weighted by molar-refractivity contribution is -0.614. The summed E-state index contributed by atoms with van der Waals surface area (Å²) in [4.78, 5) is 12.7. The topological polar surface area (TPSA) is 99.6 Å². The number of anilines is 1. The van der Waals surface area contributed by atoms with Crippen LogP contribution >= 0.6 is 11.6 Å². The summed E-state index contributed by atoms with van der Waals surface area (Å²) in [7, 11) is 0. The SMILES string of the molecule is Cc1ccc2c(c1)-c1cccc(c1)C(c1ccc(-c3cc(Cl)ccc3-n3cnnn3)c[n+]1[O-])CCCCC(=O)N2. The quantitative estimate of drug-likeness (QED) is 0.212. The molecule has 3 heterocycles. The summed E-state index contributed by atoms with van der Waals surface area (Å²) < 4.78 is 2.50. The predicted molar refractivity (Wildman–Crippen MR) is 154 cm³/mol. The number of aromatic nitrogens is 5. The molecule has 40 heavy (non-hydrogen) atoms.